The minimum absolute atomic E-state index is 0.608. The molecule has 1 N–H and O–H groups in total. The van der Waals surface area contributed by atoms with Crippen molar-refractivity contribution in [3.8, 4) is 0 Å². The minimum atomic E-state index is 0.608. The van der Waals surface area contributed by atoms with Gasteiger partial charge in [-0.3, -0.25) is 0 Å². The lowest BCUT2D eigenvalue weighted by molar-refractivity contribution is 0.893. The molecule has 0 saturated carbocycles. The molecule has 3 aromatic rings. The van der Waals surface area contributed by atoms with Crippen molar-refractivity contribution < 1.29 is 0 Å². The molecule has 0 bridgehead atoms. The van der Waals surface area contributed by atoms with Crippen LogP contribution in [-0.4, -0.2) is 17.0 Å². The minimum Gasteiger partial charge on any atom is -0.355 e. The smallest absolute Gasteiger partial charge is 0.229 e. The fourth-order valence-electron chi connectivity index (χ4n) is 2.51. The third-order valence-electron chi connectivity index (χ3n) is 3.91. The number of hydrogen-bond donors (Lipinski definition) is 1. The molecule has 0 spiro atoms. The van der Waals surface area contributed by atoms with Crippen LogP contribution in [0.15, 0.2) is 66.9 Å². The zero-order valence-corrected chi connectivity index (χ0v) is 14.1. The van der Waals surface area contributed by atoms with Gasteiger partial charge in [0.1, 0.15) is 5.82 Å². The molecular weight excluding hydrogens is 296 g/mol. The van der Waals surface area contributed by atoms with Gasteiger partial charge in [0.15, 0.2) is 0 Å². The Labute approximate surface area is 143 Å². The second-order valence-corrected chi connectivity index (χ2v) is 5.76. The summed E-state index contributed by atoms with van der Waals surface area (Å²) >= 11 is 0. The lowest BCUT2D eigenvalue weighted by Gasteiger charge is -2.18. The lowest BCUT2D eigenvalue weighted by Crippen LogP contribution is -2.18. The average molecular weight is 318 g/mol. The Bertz CT molecular complexity index is 769. The molecule has 0 aliphatic rings. The van der Waals surface area contributed by atoms with Gasteiger partial charge in [-0.05, 0) is 35.7 Å². The molecule has 0 fully saturated rings. The Kier molecular flexibility index (Phi) is 5.06. The fraction of sp³-hybridized carbons (Fsp3) is 0.200. The maximum atomic E-state index is 4.61. The monoisotopic (exact) mass is 318 g/mol. The molecule has 0 radical (unpaired) electrons. The molecule has 24 heavy (non-hydrogen) atoms. The van der Waals surface area contributed by atoms with Gasteiger partial charge >= 0.3 is 0 Å². The molecule has 122 valence electrons. The number of anilines is 3. The maximum Gasteiger partial charge on any atom is 0.229 e. The van der Waals surface area contributed by atoms with E-state index in [2.05, 4.69) is 75.6 Å². The van der Waals surface area contributed by atoms with Crippen molar-refractivity contribution in [2.45, 2.75) is 19.9 Å². The van der Waals surface area contributed by atoms with Crippen LogP contribution in [0.3, 0.4) is 0 Å². The van der Waals surface area contributed by atoms with Crippen LogP contribution in [0.4, 0.5) is 17.5 Å². The number of aryl methyl sites for hydroxylation is 1. The Hall–Kier alpha value is -2.88. The predicted molar refractivity (Wildman–Crippen MR) is 99.7 cm³/mol. The van der Waals surface area contributed by atoms with Crippen LogP contribution in [0.2, 0.25) is 0 Å². The first kappa shape index (κ1) is 16.0. The SMILES string of the molecule is CCc1ccc(Nc2nccc(N(C)Cc3ccccc3)n2)cc1. The van der Waals surface area contributed by atoms with E-state index in [4.69, 9.17) is 0 Å². The van der Waals surface area contributed by atoms with E-state index < -0.39 is 0 Å². The van der Waals surface area contributed by atoms with E-state index >= 15 is 0 Å². The summed E-state index contributed by atoms with van der Waals surface area (Å²) in [5, 5.41) is 3.27. The van der Waals surface area contributed by atoms with E-state index in [0.717, 1.165) is 24.5 Å². The molecule has 4 heteroatoms. The van der Waals surface area contributed by atoms with Gasteiger partial charge < -0.3 is 10.2 Å². The van der Waals surface area contributed by atoms with E-state index in [9.17, 15) is 0 Å². The molecule has 0 aliphatic carbocycles. The second kappa shape index (κ2) is 7.59. The second-order valence-electron chi connectivity index (χ2n) is 5.76. The highest BCUT2D eigenvalue weighted by Gasteiger charge is 2.06. The van der Waals surface area contributed by atoms with Crippen molar-refractivity contribution >= 4 is 17.5 Å². The van der Waals surface area contributed by atoms with Gasteiger partial charge in [0.05, 0.1) is 0 Å². The summed E-state index contributed by atoms with van der Waals surface area (Å²) < 4.78 is 0. The Morgan fingerprint density at radius 1 is 0.917 bits per heavy atom. The van der Waals surface area contributed by atoms with Crippen LogP contribution >= 0.6 is 0 Å². The first-order valence-corrected chi connectivity index (χ1v) is 8.18. The fourth-order valence-corrected chi connectivity index (χ4v) is 2.51. The number of rotatable bonds is 6. The van der Waals surface area contributed by atoms with Crippen molar-refractivity contribution in [3.05, 3.63) is 78.0 Å². The average Bonchev–Trinajstić information content (AvgIpc) is 2.63. The molecule has 0 amide bonds. The van der Waals surface area contributed by atoms with Gasteiger partial charge in [0, 0.05) is 25.5 Å². The van der Waals surface area contributed by atoms with Gasteiger partial charge in [-0.25, -0.2) is 4.98 Å². The largest absolute Gasteiger partial charge is 0.355 e. The predicted octanol–water partition coefficient (Wildman–Crippen LogP) is 4.42. The zero-order valence-electron chi connectivity index (χ0n) is 14.1. The van der Waals surface area contributed by atoms with E-state index in [-0.39, 0.29) is 0 Å². The number of nitrogens with one attached hydrogen (secondary N) is 1. The molecule has 1 aromatic heterocycles. The molecule has 2 aromatic carbocycles. The first-order valence-electron chi connectivity index (χ1n) is 8.18. The van der Waals surface area contributed by atoms with Crippen molar-refractivity contribution in [1.29, 1.82) is 0 Å². The van der Waals surface area contributed by atoms with E-state index in [1.54, 1.807) is 6.20 Å². The highest BCUT2D eigenvalue weighted by atomic mass is 15.2. The van der Waals surface area contributed by atoms with Crippen LogP contribution in [-0.2, 0) is 13.0 Å². The van der Waals surface area contributed by atoms with Gasteiger partial charge in [0.25, 0.3) is 0 Å². The number of nitrogens with zero attached hydrogens (tertiary/aromatic N) is 3. The van der Waals surface area contributed by atoms with E-state index in [1.807, 2.05) is 19.2 Å². The Morgan fingerprint density at radius 3 is 2.38 bits per heavy atom. The van der Waals surface area contributed by atoms with Gasteiger partial charge in [0.2, 0.25) is 5.95 Å². The third-order valence-corrected chi connectivity index (χ3v) is 3.91. The lowest BCUT2D eigenvalue weighted by atomic mass is 10.1. The number of benzene rings is 2. The van der Waals surface area contributed by atoms with Crippen molar-refractivity contribution in [2.24, 2.45) is 0 Å². The highest BCUT2D eigenvalue weighted by molar-refractivity contribution is 5.55. The summed E-state index contributed by atoms with van der Waals surface area (Å²) in [4.78, 5) is 11.0. The van der Waals surface area contributed by atoms with Crippen molar-refractivity contribution in [1.82, 2.24) is 9.97 Å². The first-order chi connectivity index (χ1) is 11.7. The standard InChI is InChI=1S/C20H22N4/c1-3-16-9-11-18(12-10-16)22-20-21-14-13-19(23-20)24(2)15-17-7-5-4-6-8-17/h4-14H,3,15H2,1-2H3,(H,21,22,23). The van der Waals surface area contributed by atoms with Crippen molar-refractivity contribution in [2.75, 3.05) is 17.3 Å². The summed E-state index contributed by atoms with van der Waals surface area (Å²) in [6.45, 7) is 2.96. The molecule has 0 saturated heterocycles. The van der Waals surface area contributed by atoms with Crippen LogP contribution in [0.25, 0.3) is 0 Å². The van der Waals surface area contributed by atoms with Crippen LogP contribution < -0.4 is 10.2 Å². The molecule has 0 aliphatic heterocycles. The quantitative estimate of drug-likeness (QED) is 0.730. The summed E-state index contributed by atoms with van der Waals surface area (Å²) in [7, 11) is 2.04. The van der Waals surface area contributed by atoms with Crippen LogP contribution in [0.1, 0.15) is 18.1 Å². The molecule has 1 heterocycles. The zero-order chi connectivity index (χ0) is 16.8. The highest BCUT2D eigenvalue weighted by Crippen LogP contribution is 2.18. The van der Waals surface area contributed by atoms with E-state index in [0.29, 0.717) is 5.95 Å². The van der Waals surface area contributed by atoms with E-state index in [1.165, 1.54) is 11.1 Å². The van der Waals surface area contributed by atoms with Crippen molar-refractivity contribution in [3.63, 3.8) is 0 Å². The molecular formula is C20H22N4. The molecule has 4 nitrogen and oxygen atoms in total. The summed E-state index contributed by atoms with van der Waals surface area (Å²) in [5.74, 6) is 1.50. The van der Waals surface area contributed by atoms with Crippen LogP contribution in [0, 0.1) is 0 Å². The molecule has 0 atom stereocenters. The topological polar surface area (TPSA) is 41.1 Å². The Balaban J connectivity index is 1.71. The normalized spacial score (nSPS) is 10.4. The van der Waals surface area contributed by atoms with Crippen LogP contribution in [0.5, 0.6) is 0 Å². The molecule has 0 unspecified atom stereocenters. The summed E-state index contributed by atoms with van der Waals surface area (Å²) in [5.41, 5.74) is 3.57. The maximum absolute atomic E-state index is 4.61. The summed E-state index contributed by atoms with van der Waals surface area (Å²) in [6.07, 6.45) is 2.82. The van der Waals surface area contributed by atoms with Gasteiger partial charge in [-0.1, -0.05) is 49.4 Å². The summed E-state index contributed by atoms with van der Waals surface area (Å²) in [6, 6.07) is 20.6. The Morgan fingerprint density at radius 2 is 1.67 bits per heavy atom. The number of aromatic nitrogens is 2. The number of hydrogen-bond acceptors (Lipinski definition) is 4. The third kappa shape index (κ3) is 4.10. The van der Waals surface area contributed by atoms with Gasteiger partial charge in [-0.2, -0.15) is 4.98 Å². The van der Waals surface area contributed by atoms with Gasteiger partial charge in [-0.15, -0.1) is 0 Å². The molecule has 3 rings (SSSR count).